The van der Waals surface area contributed by atoms with Gasteiger partial charge in [0.1, 0.15) is 11.4 Å². The predicted octanol–water partition coefficient (Wildman–Crippen LogP) is 3.51. The van der Waals surface area contributed by atoms with Crippen LogP contribution in [0.15, 0.2) is 53.3 Å². The molecule has 8 nitrogen and oxygen atoms in total. The van der Waals surface area contributed by atoms with Crippen LogP contribution in [-0.4, -0.2) is 19.4 Å². The number of hydrogen-bond acceptors (Lipinski definition) is 4. The number of nitro groups is 1. The molecule has 144 valence electrons. The van der Waals surface area contributed by atoms with Crippen molar-refractivity contribution in [3.63, 3.8) is 0 Å². The topological polar surface area (TPSA) is 94.1 Å². The number of para-hydroxylation sites is 2. The largest absolute Gasteiger partial charge is 0.327 e. The van der Waals surface area contributed by atoms with Gasteiger partial charge in [-0.15, -0.1) is 0 Å². The highest BCUT2D eigenvalue weighted by Crippen LogP contribution is 2.27. The Labute approximate surface area is 166 Å². The number of nitrogens with zero attached hydrogens (tertiary/aromatic N) is 3. The lowest BCUT2D eigenvalue weighted by molar-refractivity contribution is -0.383. The second-order valence-electron chi connectivity index (χ2n) is 6.24. The van der Waals surface area contributed by atoms with Crippen molar-refractivity contribution in [2.75, 3.05) is 10.6 Å². The summed E-state index contributed by atoms with van der Waals surface area (Å²) in [5, 5.41) is 17.1. The SMILES string of the molecule is Cc1cccc([N+](=O)[O-])c1NC(=S)Nc1c(C)n(C)n(-c2ccccc2)c1=O. The van der Waals surface area contributed by atoms with Crippen LogP contribution < -0.4 is 16.2 Å². The molecular weight excluding hydrogens is 378 g/mol. The van der Waals surface area contributed by atoms with E-state index in [1.54, 1.807) is 37.7 Å². The minimum Gasteiger partial charge on any atom is -0.327 e. The van der Waals surface area contributed by atoms with Crippen molar-refractivity contribution in [2.45, 2.75) is 13.8 Å². The molecule has 0 aliphatic rings. The van der Waals surface area contributed by atoms with Crippen LogP contribution in [0.1, 0.15) is 11.3 Å². The number of aromatic nitrogens is 2. The van der Waals surface area contributed by atoms with Gasteiger partial charge in [-0.05, 0) is 43.8 Å². The predicted molar refractivity (Wildman–Crippen MR) is 113 cm³/mol. The van der Waals surface area contributed by atoms with Gasteiger partial charge in [0.25, 0.3) is 11.2 Å². The van der Waals surface area contributed by atoms with Crippen LogP contribution in [0, 0.1) is 24.0 Å². The Hall–Kier alpha value is -3.46. The quantitative estimate of drug-likeness (QED) is 0.397. The van der Waals surface area contributed by atoms with Crippen molar-refractivity contribution in [3.8, 4) is 5.69 Å². The average molecular weight is 397 g/mol. The molecular formula is C19H19N5O3S. The van der Waals surface area contributed by atoms with Gasteiger partial charge >= 0.3 is 0 Å². The van der Waals surface area contributed by atoms with Gasteiger partial charge < -0.3 is 10.6 Å². The van der Waals surface area contributed by atoms with Gasteiger partial charge in [-0.25, -0.2) is 4.68 Å². The second-order valence-corrected chi connectivity index (χ2v) is 6.65. The summed E-state index contributed by atoms with van der Waals surface area (Å²) < 4.78 is 3.25. The Morgan fingerprint density at radius 3 is 2.32 bits per heavy atom. The van der Waals surface area contributed by atoms with Crippen LogP contribution in [0.5, 0.6) is 0 Å². The first kappa shape index (κ1) is 19.3. The Kier molecular flexibility index (Phi) is 5.27. The van der Waals surface area contributed by atoms with E-state index in [0.29, 0.717) is 22.6 Å². The second kappa shape index (κ2) is 7.65. The number of nitrogens with one attached hydrogen (secondary N) is 2. The standard InChI is InChI=1S/C19H19N5O3S/c1-12-8-7-11-15(24(26)27)16(12)20-19(28)21-17-13(2)22(3)23(18(17)25)14-9-5-4-6-10-14/h4-11H,1-3H3,(H2,20,21,28). The minimum absolute atomic E-state index is 0.0874. The molecule has 0 spiro atoms. The summed E-state index contributed by atoms with van der Waals surface area (Å²) in [7, 11) is 1.78. The highest BCUT2D eigenvalue weighted by atomic mass is 32.1. The van der Waals surface area contributed by atoms with Gasteiger partial charge in [0.2, 0.25) is 0 Å². The molecule has 2 aromatic carbocycles. The van der Waals surface area contributed by atoms with Crippen LogP contribution in [-0.2, 0) is 7.05 Å². The summed E-state index contributed by atoms with van der Waals surface area (Å²) in [6, 6.07) is 14.0. The third-order valence-electron chi connectivity index (χ3n) is 4.48. The summed E-state index contributed by atoms with van der Waals surface area (Å²) in [6.45, 7) is 3.54. The fourth-order valence-corrected chi connectivity index (χ4v) is 3.14. The first-order valence-electron chi connectivity index (χ1n) is 8.47. The monoisotopic (exact) mass is 397 g/mol. The van der Waals surface area contributed by atoms with E-state index in [1.807, 2.05) is 30.3 Å². The summed E-state index contributed by atoms with van der Waals surface area (Å²) in [5.41, 5.74) is 2.31. The lowest BCUT2D eigenvalue weighted by Crippen LogP contribution is -2.25. The van der Waals surface area contributed by atoms with Gasteiger partial charge in [0, 0.05) is 13.1 Å². The van der Waals surface area contributed by atoms with Crippen LogP contribution in [0.3, 0.4) is 0 Å². The molecule has 28 heavy (non-hydrogen) atoms. The van der Waals surface area contributed by atoms with Crippen molar-refractivity contribution in [1.82, 2.24) is 9.36 Å². The highest BCUT2D eigenvalue weighted by molar-refractivity contribution is 7.80. The third kappa shape index (κ3) is 3.52. The minimum atomic E-state index is -0.478. The van der Waals surface area contributed by atoms with E-state index in [0.717, 1.165) is 5.69 Å². The maximum atomic E-state index is 12.9. The van der Waals surface area contributed by atoms with E-state index in [4.69, 9.17) is 12.2 Å². The molecule has 3 aromatic rings. The summed E-state index contributed by atoms with van der Waals surface area (Å²) in [6.07, 6.45) is 0. The molecule has 1 aromatic heterocycles. The fourth-order valence-electron chi connectivity index (χ4n) is 2.94. The van der Waals surface area contributed by atoms with Gasteiger partial charge in [-0.1, -0.05) is 30.3 Å². The zero-order valence-corrected chi connectivity index (χ0v) is 16.4. The summed E-state index contributed by atoms with van der Waals surface area (Å²) >= 11 is 5.31. The van der Waals surface area contributed by atoms with E-state index >= 15 is 0 Å². The van der Waals surface area contributed by atoms with Crippen LogP contribution in [0.25, 0.3) is 5.69 Å². The number of benzene rings is 2. The Morgan fingerprint density at radius 1 is 1.04 bits per heavy atom. The Morgan fingerprint density at radius 2 is 1.68 bits per heavy atom. The van der Waals surface area contributed by atoms with E-state index in [9.17, 15) is 14.9 Å². The number of thiocarbonyl (C=S) groups is 1. The molecule has 0 aliphatic heterocycles. The average Bonchev–Trinajstić information content (AvgIpc) is 2.87. The maximum absolute atomic E-state index is 12.9. The number of anilines is 2. The summed E-state index contributed by atoms with van der Waals surface area (Å²) in [5.74, 6) is 0. The Balaban J connectivity index is 1.93. The van der Waals surface area contributed by atoms with Gasteiger partial charge in [-0.3, -0.25) is 19.6 Å². The highest BCUT2D eigenvalue weighted by Gasteiger charge is 2.20. The molecule has 3 rings (SSSR count). The molecule has 0 aliphatic carbocycles. The number of rotatable bonds is 4. The molecule has 0 amide bonds. The molecule has 0 radical (unpaired) electrons. The van der Waals surface area contributed by atoms with Crippen LogP contribution in [0.4, 0.5) is 17.1 Å². The van der Waals surface area contributed by atoms with Crippen molar-refractivity contribution in [3.05, 3.63) is 80.3 Å². The molecule has 1 heterocycles. The van der Waals surface area contributed by atoms with Crippen molar-refractivity contribution in [2.24, 2.45) is 7.05 Å². The number of nitro benzene ring substituents is 1. The molecule has 0 fully saturated rings. The maximum Gasteiger partial charge on any atom is 0.295 e. The normalized spacial score (nSPS) is 10.5. The molecule has 0 bridgehead atoms. The number of aryl methyl sites for hydroxylation is 1. The van der Waals surface area contributed by atoms with Crippen LogP contribution in [0.2, 0.25) is 0 Å². The Bertz CT molecular complexity index is 1120. The molecule has 9 heteroatoms. The van der Waals surface area contributed by atoms with Crippen LogP contribution >= 0.6 is 12.2 Å². The first-order chi connectivity index (χ1) is 13.3. The van der Waals surface area contributed by atoms with Gasteiger partial charge in [0.15, 0.2) is 5.11 Å². The first-order valence-corrected chi connectivity index (χ1v) is 8.88. The zero-order valence-electron chi connectivity index (χ0n) is 15.6. The van der Waals surface area contributed by atoms with E-state index in [1.165, 1.54) is 10.7 Å². The van der Waals surface area contributed by atoms with Crippen molar-refractivity contribution < 1.29 is 4.92 Å². The lowest BCUT2D eigenvalue weighted by Gasteiger charge is -2.12. The smallest absolute Gasteiger partial charge is 0.295 e. The molecule has 0 saturated heterocycles. The van der Waals surface area contributed by atoms with Gasteiger partial charge in [0.05, 0.1) is 16.3 Å². The molecule has 2 N–H and O–H groups in total. The van der Waals surface area contributed by atoms with Crippen molar-refractivity contribution in [1.29, 1.82) is 0 Å². The van der Waals surface area contributed by atoms with Crippen molar-refractivity contribution >= 4 is 34.4 Å². The van der Waals surface area contributed by atoms with E-state index < -0.39 is 4.92 Å². The van der Waals surface area contributed by atoms with E-state index in [-0.39, 0.29) is 16.4 Å². The lowest BCUT2D eigenvalue weighted by atomic mass is 10.1. The molecule has 0 unspecified atom stereocenters. The number of hydrogen-bond donors (Lipinski definition) is 2. The van der Waals surface area contributed by atoms with E-state index in [2.05, 4.69) is 10.6 Å². The van der Waals surface area contributed by atoms with Gasteiger partial charge in [-0.2, -0.15) is 0 Å². The molecule has 0 saturated carbocycles. The third-order valence-corrected chi connectivity index (χ3v) is 4.68. The fraction of sp³-hybridized carbons (Fsp3) is 0.158. The zero-order chi connectivity index (χ0) is 20.4. The summed E-state index contributed by atoms with van der Waals surface area (Å²) in [4.78, 5) is 23.7. The molecule has 0 atom stereocenters.